The van der Waals surface area contributed by atoms with Crippen LogP contribution >= 0.6 is 0 Å². The molecule has 0 aromatic carbocycles. The number of allylic oxidation sites excluding steroid dienone is 4. The Kier molecular flexibility index (Phi) is 6.23. The number of ether oxygens (including phenoxy) is 1. The zero-order valence-electron chi connectivity index (χ0n) is 17.5. The number of hydrogen-bond donors (Lipinski definition) is 1. The summed E-state index contributed by atoms with van der Waals surface area (Å²) in [5.74, 6) is 1.36. The van der Waals surface area contributed by atoms with Crippen molar-refractivity contribution in [2.45, 2.75) is 84.7 Å². The van der Waals surface area contributed by atoms with Crippen LogP contribution in [0.15, 0.2) is 44.7 Å². The van der Waals surface area contributed by atoms with Crippen LogP contribution < -0.4 is 5.73 Å². The summed E-state index contributed by atoms with van der Waals surface area (Å²) in [5.41, 5.74) is 10.9. The molecule has 0 saturated heterocycles. The van der Waals surface area contributed by atoms with Gasteiger partial charge in [0.05, 0.1) is 5.71 Å². The molecule has 0 radical (unpaired) electrons. The molecule has 0 spiro atoms. The Hall–Kier alpha value is -1.84. The van der Waals surface area contributed by atoms with Gasteiger partial charge in [0.15, 0.2) is 0 Å². The van der Waals surface area contributed by atoms with Crippen molar-refractivity contribution in [3.8, 4) is 0 Å². The molecule has 27 heavy (non-hydrogen) atoms. The Morgan fingerprint density at radius 3 is 2.59 bits per heavy atom. The second-order valence-corrected chi connectivity index (χ2v) is 8.51. The summed E-state index contributed by atoms with van der Waals surface area (Å²) in [6.45, 7) is 8.68. The van der Waals surface area contributed by atoms with Gasteiger partial charge in [-0.15, -0.1) is 0 Å². The highest BCUT2D eigenvalue weighted by Gasteiger charge is 2.37. The maximum absolute atomic E-state index is 6.26. The molecule has 3 aliphatic rings. The molecule has 1 heterocycles. The van der Waals surface area contributed by atoms with Crippen LogP contribution in [0.5, 0.6) is 0 Å². The first-order valence-electron chi connectivity index (χ1n) is 10.6. The molecule has 0 aromatic heterocycles. The lowest BCUT2D eigenvalue weighted by Gasteiger charge is -2.34. The largest absolute Gasteiger partial charge is 0.464 e. The molecule has 4 heteroatoms. The Bertz CT molecular complexity index is 712. The van der Waals surface area contributed by atoms with E-state index >= 15 is 0 Å². The molecular weight excluding hydrogens is 334 g/mol. The molecule has 0 atom stereocenters. The van der Waals surface area contributed by atoms with Crippen molar-refractivity contribution >= 4 is 11.6 Å². The molecule has 4 nitrogen and oxygen atoms in total. The van der Waals surface area contributed by atoms with Gasteiger partial charge in [0.2, 0.25) is 5.90 Å². The monoisotopic (exact) mass is 369 g/mol. The molecule has 0 bridgehead atoms. The summed E-state index contributed by atoms with van der Waals surface area (Å²) in [7, 11) is 0. The van der Waals surface area contributed by atoms with Gasteiger partial charge >= 0.3 is 0 Å². The van der Waals surface area contributed by atoms with E-state index in [4.69, 9.17) is 15.5 Å². The minimum atomic E-state index is -0.498. The van der Waals surface area contributed by atoms with Gasteiger partial charge in [-0.05, 0) is 71.3 Å². The Balaban J connectivity index is 1.94. The average Bonchev–Trinajstić information content (AvgIpc) is 2.88. The fourth-order valence-electron chi connectivity index (χ4n) is 4.47. The highest BCUT2D eigenvalue weighted by atomic mass is 16.5. The Labute approximate surface area is 164 Å². The first-order chi connectivity index (χ1) is 12.9. The molecule has 0 unspecified atom stereocenters. The van der Waals surface area contributed by atoms with Crippen molar-refractivity contribution in [2.24, 2.45) is 21.6 Å². The first kappa shape index (κ1) is 19.9. The SMILES string of the molecule is CCN=C1OC(C)(C)C(C2=CC=C(C3CCCCC3)CCC2)=N/C1=C(/C)N. The standard InChI is InChI=1S/C23H35N3O/c1-5-25-22-20(16(2)24)26-21(23(3,4)27-22)19-13-9-12-18(14-15-19)17-10-7-6-8-11-17/h14-15,17H,5-13,24H2,1-4H3/b20-16-,25-22?. The highest BCUT2D eigenvalue weighted by Crippen LogP contribution is 2.36. The lowest BCUT2D eigenvalue weighted by Crippen LogP contribution is -2.43. The summed E-state index contributed by atoms with van der Waals surface area (Å²) >= 11 is 0. The van der Waals surface area contributed by atoms with Gasteiger partial charge in [0.1, 0.15) is 11.3 Å². The summed E-state index contributed by atoms with van der Waals surface area (Å²) in [6.07, 6.45) is 15.0. The fourth-order valence-corrected chi connectivity index (χ4v) is 4.47. The predicted molar refractivity (Wildman–Crippen MR) is 114 cm³/mol. The van der Waals surface area contributed by atoms with Gasteiger partial charge in [-0.1, -0.05) is 37.0 Å². The zero-order valence-corrected chi connectivity index (χ0v) is 17.5. The number of hydrogen-bond acceptors (Lipinski definition) is 4. The molecule has 148 valence electrons. The second kappa shape index (κ2) is 8.45. The minimum absolute atomic E-state index is 0.498. The molecule has 1 fully saturated rings. The van der Waals surface area contributed by atoms with E-state index in [0.29, 0.717) is 23.8 Å². The van der Waals surface area contributed by atoms with Crippen LogP contribution in [0.3, 0.4) is 0 Å². The van der Waals surface area contributed by atoms with Crippen LogP contribution in [0.2, 0.25) is 0 Å². The number of nitrogens with two attached hydrogens (primary N) is 1. The topological polar surface area (TPSA) is 60.0 Å². The van der Waals surface area contributed by atoms with Gasteiger partial charge in [0.25, 0.3) is 0 Å². The maximum atomic E-state index is 6.26. The van der Waals surface area contributed by atoms with E-state index in [1.807, 2.05) is 13.8 Å². The lowest BCUT2D eigenvalue weighted by molar-refractivity contribution is 0.162. The van der Waals surface area contributed by atoms with Crippen molar-refractivity contribution in [1.82, 2.24) is 0 Å². The van der Waals surface area contributed by atoms with Crippen molar-refractivity contribution in [2.75, 3.05) is 6.54 Å². The Morgan fingerprint density at radius 1 is 1.19 bits per heavy atom. The third-order valence-electron chi connectivity index (χ3n) is 5.87. The maximum Gasteiger partial charge on any atom is 0.238 e. The molecule has 1 saturated carbocycles. The van der Waals surface area contributed by atoms with Crippen molar-refractivity contribution in [3.05, 3.63) is 34.7 Å². The molecule has 1 aliphatic heterocycles. The van der Waals surface area contributed by atoms with Crippen molar-refractivity contribution < 1.29 is 4.74 Å². The van der Waals surface area contributed by atoms with Crippen LogP contribution in [-0.4, -0.2) is 23.8 Å². The second-order valence-electron chi connectivity index (χ2n) is 8.51. The number of nitrogens with zero attached hydrogens (tertiary/aromatic N) is 2. The third-order valence-corrected chi connectivity index (χ3v) is 5.87. The normalized spacial score (nSPS) is 27.3. The van der Waals surface area contributed by atoms with Gasteiger partial charge in [0, 0.05) is 12.2 Å². The van der Waals surface area contributed by atoms with Crippen LogP contribution in [0.25, 0.3) is 0 Å². The lowest BCUT2D eigenvalue weighted by atomic mass is 9.82. The van der Waals surface area contributed by atoms with Crippen LogP contribution in [0.4, 0.5) is 0 Å². The zero-order chi connectivity index (χ0) is 19.4. The van der Waals surface area contributed by atoms with Crippen molar-refractivity contribution in [3.63, 3.8) is 0 Å². The van der Waals surface area contributed by atoms with Gasteiger partial charge < -0.3 is 10.5 Å². The van der Waals surface area contributed by atoms with E-state index in [2.05, 4.69) is 31.0 Å². The average molecular weight is 370 g/mol. The van der Waals surface area contributed by atoms with Gasteiger partial charge in [-0.25, -0.2) is 4.99 Å². The predicted octanol–water partition coefficient (Wildman–Crippen LogP) is 5.46. The van der Waals surface area contributed by atoms with E-state index < -0.39 is 5.60 Å². The molecule has 0 amide bonds. The Morgan fingerprint density at radius 2 is 1.93 bits per heavy atom. The molecule has 2 N–H and O–H groups in total. The highest BCUT2D eigenvalue weighted by molar-refractivity contribution is 6.13. The van der Waals surface area contributed by atoms with Crippen LogP contribution in [0.1, 0.15) is 79.1 Å². The van der Waals surface area contributed by atoms with Crippen molar-refractivity contribution in [1.29, 1.82) is 0 Å². The fraction of sp³-hybridized carbons (Fsp3) is 0.652. The van der Waals surface area contributed by atoms with Crippen LogP contribution in [-0.2, 0) is 4.74 Å². The van der Waals surface area contributed by atoms with E-state index in [1.165, 1.54) is 50.5 Å². The molecule has 3 rings (SSSR count). The van der Waals surface area contributed by atoms with E-state index in [-0.39, 0.29) is 0 Å². The summed E-state index contributed by atoms with van der Waals surface area (Å²) in [5, 5.41) is 0. The summed E-state index contributed by atoms with van der Waals surface area (Å²) in [4.78, 5) is 9.43. The van der Waals surface area contributed by atoms with Gasteiger partial charge in [-0.3, -0.25) is 4.99 Å². The van der Waals surface area contributed by atoms with E-state index in [0.717, 1.165) is 18.1 Å². The quantitative estimate of drug-likeness (QED) is 0.718. The first-order valence-corrected chi connectivity index (χ1v) is 10.6. The smallest absolute Gasteiger partial charge is 0.238 e. The molecule has 2 aliphatic carbocycles. The third kappa shape index (κ3) is 4.53. The number of aliphatic imine (C=N–C) groups is 2. The summed E-state index contributed by atoms with van der Waals surface area (Å²) in [6, 6.07) is 0. The van der Waals surface area contributed by atoms with E-state index in [1.54, 1.807) is 5.57 Å². The number of rotatable bonds is 3. The molecular formula is C23H35N3O. The van der Waals surface area contributed by atoms with Gasteiger partial charge in [-0.2, -0.15) is 0 Å². The van der Waals surface area contributed by atoms with Crippen LogP contribution in [0, 0.1) is 5.92 Å². The minimum Gasteiger partial charge on any atom is -0.464 e. The summed E-state index contributed by atoms with van der Waals surface area (Å²) < 4.78 is 6.26. The molecule has 0 aromatic rings. The van der Waals surface area contributed by atoms with E-state index in [9.17, 15) is 0 Å².